The van der Waals surface area contributed by atoms with Gasteiger partial charge in [0, 0.05) is 24.2 Å². The lowest BCUT2D eigenvalue weighted by Gasteiger charge is -2.28. The van der Waals surface area contributed by atoms with E-state index < -0.39 is 54.3 Å². The van der Waals surface area contributed by atoms with Crippen LogP contribution in [0.15, 0.2) is 78.9 Å². The van der Waals surface area contributed by atoms with Crippen LogP contribution < -0.4 is 37.5 Å². The van der Waals surface area contributed by atoms with Gasteiger partial charge in [-0.15, -0.1) is 0 Å². The summed E-state index contributed by atoms with van der Waals surface area (Å²) in [6.45, 7) is -0.167. The number of carbonyl (C=O) groups excluding carboxylic acids is 3. The van der Waals surface area contributed by atoms with Gasteiger partial charge in [-0.1, -0.05) is 66.7 Å². The Bertz CT molecular complexity index is 1490. The fraction of sp³-hybridized carbons (Fsp3) is 0.281. The lowest BCUT2D eigenvalue weighted by Crippen LogP contribution is -2.57. The highest BCUT2D eigenvalue weighted by Crippen LogP contribution is 2.43. The number of para-hydroxylation sites is 2. The van der Waals surface area contributed by atoms with Crippen molar-refractivity contribution in [2.24, 2.45) is 11.5 Å². The van der Waals surface area contributed by atoms with Gasteiger partial charge in [0.05, 0.1) is 12.0 Å². The van der Waals surface area contributed by atoms with E-state index in [9.17, 15) is 24.3 Å². The highest BCUT2D eigenvalue weighted by molar-refractivity contribution is 5.93. The molecule has 4 rings (SSSR count). The van der Waals surface area contributed by atoms with Gasteiger partial charge in [0.15, 0.2) is 5.96 Å². The van der Waals surface area contributed by atoms with Gasteiger partial charge in [-0.25, -0.2) is 4.79 Å². The molecule has 0 radical (unpaired) electrons. The minimum atomic E-state index is -1.50. The number of nitrogens with two attached hydrogens (primary N) is 2. The van der Waals surface area contributed by atoms with E-state index in [0.29, 0.717) is 29.0 Å². The number of rotatable bonds is 14. The minimum absolute atomic E-state index is 0.101. The summed E-state index contributed by atoms with van der Waals surface area (Å²) >= 11 is 0. The number of hydrogen-bond donors (Lipinski definition) is 8. The molecule has 1 heterocycles. The molecule has 1 aliphatic heterocycles. The van der Waals surface area contributed by atoms with Crippen LogP contribution in [0.25, 0.3) is 0 Å². The molecule has 13 nitrogen and oxygen atoms in total. The maximum absolute atomic E-state index is 13.5. The Morgan fingerprint density at radius 2 is 1.40 bits per heavy atom. The molecular weight excluding hydrogens is 578 g/mol. The van der Waals surface area contributed by atoms with Gasteiger partial charge in [0.1, 0.15) is 23.6 Å². The molecule has 0 fully saturated rings. The first-order chi connectivity index (χ1) is 21.6. The monoisotopic (exact) mass is 615 g/mol. The first-order valence-electron chi connectivity index (χ1n) is 14.5. The zero-order valence-corrected chi connectivity index (χ0v) is 24.5. The molecule has 1 unspecified atom stereocenters. The number of ether oxygens (including phenoxy) is 1. The zero-order chi connectivity index (χ0) is 32.3. The van der Waals surface area contributed by atoms with Crippen LogP contribution in [0.1, 0.15) is 35.4 Å². The zero-order valence-electron chi connectivity index (χ0n) is 24.5. The molecule has 0 saturated heterocycles. The number of benzene rings is 3. The predicted octanol–water partition coefficient (Wildman–Crippen LogP) is 0.928. The van der Waals surface area contributed by atoms with Crippen molar-refractivity contribution in [3.63, 3.8) is 0 Å². The molecule has 10 N–H and O–H groups in total. The average molecular weight is 616 g/mol. The summed E-state index contributed by atoms with van der Waals surface area (Å²) in [5.74, 6) is -3.17. The van der Waals surface area contributed by atoms with Crippen LogP contribution in [0.4, 0.5) is 0 Å². The van der Waals surface area contributed by atoms with Gasteiger partial charge in [-0.05, 0) is 37.0 Å². The molecule has 45 heavy (non-hydrogen) atoms. The van der Waals surface area contributed by atoms with Crippen LogP contribution in [-0.4, -0.2) is 66.0 Å². The Labute approximate surface area is 260 Å². The highest BCUT2D eigenvalue weighted by Gasteiger charge is 2.34. The van der Waals surface area contributed by atoms with E-state index in [0.717, 1.165) is 5.56 Å². The van der Waals surface area contributed by atoms with Gasteiger partial charge in [0.2, 0.25) is 17.7 Å². The number of carbonyl (C=O) groups is 4. The molecule has 13 heteroatoms. The van der Waals surface area contributed by atoms with Gasteiger partial charge >= 0.3 is 5.97 Å². The van der Waals surface area contributed by atoms with E-state index in [2.05, 4.69) is 21.3 Å². The SMILES string of the molecule is N=C(N)NCCC[C@H](NC(=O)[C@@H](N)Cc1ccccc1)C(=O)NC(CNC(=O)C1c2ccccc2Oc2ccccc21)C(=O)O. The second-order valence-electron chi connectivity index (χ2n) is 10.6. The second kappa shape index (κ2) is 15.3. The molecule has 0 saturated carbocycles. The summed E-state index contributed by atoms with van der Waals surface area (Å²) in [5.41, 5.74) is 13.5. The third kappa shape index (κ3) is 8.80. The first kappa shape index (κ1) is 32.5. The Balaban J connectivity index is 1.43. The van der Waals surface area contributed by atoms with E-state index in [-0.39, 0.29) is 25.3 Å². The van der Waals surface area contributed by atoms with Crippen LogP contribution in [0.3, 0.4) is 0 Å². The molecule has 0 aliphatic carbocycles. The van der Waals surface area contributed by atoms with Crippen molar-refractivity contribution >= 4 is 29.7 Å². The van der Waals surface area contributed by atoms with Crippen LogP contribution in [0.2, 0.25) is 0 Å². The van der Waals surface area contributed by atoms with Crippen LogP contribution in [0.5, 0.6) is 11.5 Å². The molecule has 1 aliphatic rings. The van der Waals surface area contributed by atoms with E-state index in [1.807, 2.05) is 30.3 Å². The van der Waals surface area contributed by atoms with Crippen molar-refractivity contribution < 1.29 is 29.0 Å². The first-order valence-corrected chi connectivity index (χ1v) is 14.5. The predicted molar refractivity (Wildman–Crippen MR) is 167 cm³/mol. The van der Waals surface area contributed by atoms with Crippen molar-refractivity contribution in [2.45, 2.75) is 43.3 Å². The average Bonchev–Trinajstić information content (AvgIpc) is 3.03. The summed E-state index contributed by atoms with van der Waals surface area (Å²) in [6, 6.07) is 19.7. The standard InChI is InChI=1S/C32H37N7O6/c33-22(17-19-9-2-1-3-10-19)28(40)38-23(13-8-16-36-32(34)35)29(41)39-24(31(43)44)18-37-30(42)27-20-11-4-6-14-25(20)45-26-15-7-5-12-21(26)27/h1-7,9-12,14-15,22-24,27H,8,13,16-18,33H2,(H,37,42)(H,38,40)(H,39,41)(H,43,44)(H4,34,35,36)/t22-,23-,24?/m0/s1. The number of fused-ring (bicyclic) bond motifs is 2. The Hall–Kier alpha value is -5.43. The minimum Gasteiger partial charge on any atom is -0.480 e. The van der Waals surface area contributed by atoms with Crippen molar-refractivity contribution in [3.05, 3.63) is 95.6 Å². The van der Waals surface area contributed by atoms with Crippen LogP contribution >= 0.6 is 0 Å². The molecule has 0 aromatic heterocycles. The number of hydrogen-bond acceptors (Lipinski definition) is 7. The highest BCUT2D eigenvalue weighted by atomic mass is 16.5. The van der Waals surface area contributed by atoms with Gasteiger partial charge in [-0.3, -0.25) is 19.8 Å². The number of nitrogens with one attached hydrogen (secondary N) is 5. The Kier molecular flexibility index (Phi) is 11.1. The number of guanidine groups is 1. The van der Waals surface area contributed by atoms with Gasteiger partial charge in [-0.2, -0.15) is 0 Å². The van der Waals surface area contributed by atoms with Gasteiger partial charge in [0.25, 0.3) is 0 Å². The topological polar surface area (TPSA) is 222 Å². The largest absolute Gasteiger partial charge is 0.480 e. The fourth-order valence-electron chi connectivity index (χ4n) is 5.01. The van der Waals surface area contributed by atoms with Crippen molar-refractivity contribution in [2.75, 3.05) is 13.1 Å². The molecule has 3 aromatic rings. The summed E-state index contributed by atoms with van der Waals surface area (Å²) < 4.78 is 5.94. The normalized spacial score (nSPS) is 13.9. The molecule has 3 atom stereocenters. The van der Waals surface area contributed by atoms with Crippen LogP contribution in [0, 0.1) is 5.41 Å². The second-order valence-corrected chi connectivity index (χ2v) is 10.6. The van der Waals surface area contributed by atoms with Crippen molar-refractivity contribution in [1.82, 2.24) is 21.3 Å². The number of carboxylic acids is 1. The van der Waals surface area contributed by atoms with Crippen LogP contribution in [-0.2, 0) is 25.6 Å². The molecule has 0 spiro atoms. The summed E-state index contributed by atoms with van der Waals surface area (Å²) in [5, 5.41) is 27.6. The molecule has 3 amide bonds. The van der Waals surface area contributed by atoms with E-state index in [1.165, 1.54) is 0 Å². The summed E-state index contributed by atoms with van der Waals surface area (Å²) in [7, 11) is 0. The summed E-state index contributed by atoms with van der Waals surface area (Å²) in [6.07, 6.45) is 0.655. The quantitative estimate of drug-likeness (QED) is 0.0733. The van der Waals surface area contributed by atoms with E-state index in [4.69, 9.17) is 21.6 Å². The fourth-order valence-corrected chi connectivity index (χ4v) is 5.01. The molecule has 0 bridgehead atoms. The summed E-state index contributed by atoms with van der Waals surface area (Å²) in [4.78, 5) is 51.9. The third-order valence-corrected chi connectivity index (χ3v) is 7.29. The third-order valence-electron chi connectivity index (χ3n) is 7.29. The van der Waals surface area contributed by atoms with Gasteiger partial charge < -0.3 is 42.6 Å². The number of aliphatic carboxylic acids is 1. The van der Waals surface area contributed by atoms with E-state index >= 15 is 0 Å². The van der Waals surface area contributed by atoms with Crippen molar-refractivity contribution in [1.29, 1.82) is 5.41 Å². The van der Waals surface area contributed by atoms with E-state index in [1.54, 1.807) is 48.5 Å². The maximum Gasteiger partial charge on any atom is 0.328 e. The smallest absolute Gasteiger partial charge is 0.328 e. The maximum atomic E-state index is 13.5. The lowest BCUT2D eigenvalue weighted by atomic mass is 9.87. The Morgan fingerprint density at radius 1 is 0.822 bits per heavy atom. The molecule has 3 aromatic carbocycles. The molecular formula is C32H37N7O6. The number of carboxylic acid groups (broad SMARTS) is 1. The Morgan fingerprint density at radius 3 is 2.00 bits per heavy atom. The molecule has 236 valence electrons. The van der Waals surface area contributed by atoms with Crippen molar-refractivity contribution in [3.8, 4) is 11.5 Å². The lowest BCUT2D eigenvalue weighted by molar-refractivity contribution is -0.142. The number of amides is 3.